The molecule has 0 aliphatic rings. The zero-order valence-corrected chi connectivity index (χ0v) is 32.6. The fourth-order valence-corrected chi connectivity index (χ4v) is 4.74. The van der Waals surface area contributed by atoms with Crippen LogP contribution in [0.4, 0.5) is 0 Å². The Kier molecular flexibility index (Phi) is 21.0. The van der Waals surface area contributed by atoms with Gasteiger partial charge >= 0.3 is 0 Å². The van der Waals surface area contributed by atoms with Crippen molar-refractivity contribution < 1.29 is 79.3 Å². The van der Waals surface area contributed by atoms with Crippen LogP contribution in [0.25, 0.3) is 0 Å². The van der Waals surface area contributed by atoms with E-state index < -0.39 is 48.4 Å². The largest absolute Gasteiger partial charge is 0.491 e. The van der Waals surface area contributed by atoms with Crippen molar-refractivity contribution in [3.63, 3.8) is 0 Å². The van der Waals surface area contributed by atoms with Gasteiger partial charge in [0.25, 0.3) is 0 Å². The Morgan fingerprint density at radius 2 is 0.982 bits per heavy atom. The fourth-order valence-electron chi connectivity index (χ4n) is 4.74. The van der Waals surface area contributed by atoms with Gasteiger partial charge in [-0.15, -0.1) is 0 Å². The maximum Gasteiger partial charge on any atom is 0.197 e. The molecule has 0 bridgehead atoms. The molecular formula is C40H56O16. The van der Waals surface area contributed by atoms with Gasteiger partial charge in [0.05, 0.1) is 45.2 Å². The first-order valence-electron chi connectivity index (χ1n) is 17.5. The van der Waals surface area contributed by atoms with E-state index in [2.05, 4.69) is 0 Å². The van der Waals surface area contributed by atoms with Gasteiger partial charge in [-0.1, -0.05) is 12.1 Å². The summed E-state index contributed by atoms with van der Waals surface area (Å²) in [4.78, 5) is 36.2. The maximum absolute atomic E-state index is 12.3. The van der Waals surface area contributed by atoms with E-state index in [-0.39, 0.29) is 80.0 Å². The molecule has 3 rings (SSSR count). The first-order chi connectivity index (χ1) is 26.2. The summed E-state index contributed by atoms with van der Waals surface area (Å²) >= 11 is 0. The molecule has 312 valence electrons. The van der Waals surface area contributed by atoms with E-state index in [0.29, 0.717) is 22.6 Å². The lowest BCUT2D eigenvalue weighted by molar-refractivity contribution is -0.0117. The molecule has 16 heteroatoms. The number of hydrogen-bond acceptors (Lipinski definition) is 16. The monoisotopic (exact) mass is 792 g/mol. The standard InChI is InChI=1S/2C14H20O6.C12H16O4/c1-14(2,19)13(18)12-9(7-16)5-11(20-4-3-15)6-10(12)8-17;1-14(2,18)13(17)12-10(8-19-9-16)4-3-5-11(12)20-7-6-15;1-12(2,15)11(14)9-3-5-10(6-4-9)16-8-7-13/h5-6,15-17,19H,3-4,7-8H2,1-2H3;3-5,15-16,18H,6-9H2,1-2H3;3-6,13,15H,7-8H2,1-2H3. The number of ether oxygens (including phenoxy) is 4. The lowest BCUT2D eigenvalue weighted by Gasteiger charge is -2.21. The summed E-state index contributed by atoms with van der Waals surface area (Å²) in [7, 11) is 0. The summed E-state index contributed by atoms with van der Waals surface area (Å²) < 4.78 is 20.6. The van der Waals surface area contributed by atoms with Crippen molar-refractivity contribution in [3.05, 3.63) is 88.0 Å². The molecular weight excluding hydrogens is 736 g/mol. The molecule has 0 aromatic heterocycles. The van der Waals surface area contributed by atoms with Gasteiger partial charge < -0.3 is 64.9 Å². The van der Waals surface area contributed by atoms with Gasteiger partial charge in [-0.05, 0) is 101 Å². The number of carbonyl (C=O) groups excluding carboxylic acids is 3. The third-order valence-electron chi connectivity index (χ3n) is 7.38. The Bertz CT molecular complexity index is 1610. The van der Waals surface area contributed by atoms with Gasteiger partial charge in [0, 0.05) is 11.1 Å². The lowest BCUT2D eigenvalue weighted by atomic mass is 9.89. The van der Waals surface area contributed by atoms with Crippen molar-refractivity contribution in [1.82, 2.24) is 0 Å². The summed E-state index contributed by atoms with van der Waals surface area (Å²) in [5.41, 5.74) is -2.79. The predicted molar refractivity (Wildman–Crippen MR) is 203 cm³/mol. The molecule has 0 atom stereocenters. The van der Waals surface area contributed by atoms with Gasteiger partial charge in [-0.2, -0.15) is 0 Å². The summed E-state index contributed by atoms with van der Waals surface area (Å²) in [6.07, 6.45) is 0. The molecule has 3 aromatic rings. The molecule has 0 unspecified atom stereocenters. The third kappa shape index (κ3) is 16.0. The van der Waals surface area contributed by atoms with E-state index in [1.54, 1.807) is 42.5 Å². The zero-order chi connectivity index (χ0) is 42.7. The number of carbonyl (C=O) groups is 3. The van der Waals surface area contributed by atoms with Crippen LogP contribution >= 0.6 is 0 Å². The van der Waals surface area contributed by atoms with Crippen molar-refractivity contribution in [2.45, 2.75) is 78.2 Å². The molecule has 0 saturated carbocycles. The second kappa shape index (κ2) is 23.7. The average molecular weight is 793 g/mol. The maximum atomic E-state index is 12.3. The van der Waals surface area contributed by atoms with Crippen molar-refractivity contribution in [3.8, 4) is 17.2 Å². The van der Waals surface area contributed by atoms with Crippen molar-refractivity contribution in [2.75, 3.05) is 46.4 Å². The molecule has 0 heterocycles. The first-order valence-corrected chi connectivity index (χ1v) is 17.5. The van der Waals surface area contributed by atoms with Gasteiger partial charge in [-0.3, -0.25) is 14.4 Å². The van der Waals surface area contributed by atoms with Crippen LogP contribution in [0.1, 0.15) is 89.3 Å². The molecule has 9 N–H and O–H groups in total. The Hall–Kier alpha value is -4.33. The normalized spacial score (nSPS) is 11.4. The van der Waals surface area contributed by atoms with Crippen LogP contribution in [-0.2, 0) is 24.6 Å². The first kappa shape index (κ1) is 49.7. The quantitative estimate of drug-likeness (QED) is 0.0579. The highest BCUT2D eigenvalue weighted by atomic mass is 16.6. The third-order valence-corrected chi connectivity index (χ3v) is 7.38. The highest BCUT2D eigenvalue weighted by Crippen LogP contribution is 2.29. The van der Waals surface area contributed by atoms with Gasteiger partial charge in [0.15, 0.2) is 17.3 Å². The molecule has 16 nitrogen and oxygen atoms in total. The molecule has 0 radical (unpaired) electrons. The number of Topliss-reactive ketones (excluding diaryl/α,β-unsaturated/α-hetero) is 3. The van der Waals surface area contributed by atoms with Crippen LogP contribution in [0, 0.1) is 0 Å². The Labute approximate surface area is 326 Å². The summed E-state index contributed by atoms with van der Waals surface area (Å²) in [6, 6.07) is 14.3. The second-order valence-electron chi connectivity index (χ2n) is 13.6. The van der Waals surface area contributed by atoms with Crippen LogP contribution in [0.3, 0.4) is 0 Å². The van der Waals surface area contributed by atoms with Crippen LogP contribution in [0.5, 0.6) is 17.2 Å². The smallest absolute Gasteiger partial charge is 0.197 e. The second-order valence-corrected chi connectivity index (χ2v) is 13.6. The number of hydrogen-bond donors (Lipinski definition) is 9. The topological polar surface area (TPSA) is 270 Å². The number of rotatable bonds is 20. The predicted octanol–water partition coefficient (Wildman–Crippen LogP) is 1.48. The van der Waals surface area contributed by atoms with Crippen LogP contribution in [0.15, 0.2) is 54.6 Å². The Morgan fingerprint density at radius 1 is 0.536 bits per heavy atom. The van der Waals surface area contributed by atoms with Crippen LogP contribution in [-0.4, -0.2) is 127 Å². The molecule has 0 fully saturated rings. The summed E-state index contributed by atoms with van der Waals surface area (Å²) in [5.74, 6) is -0.242. The zero-order valence-electron chi connectivity index (χ0n) is 32.6. The lowest BCUT2D eigenvalue weighted by Crippen LogP contribution is -2.33. The van der Waals surface area contributed by atoms with E-state index in [9.17, 15) is 39.9 Å². The Morgan fingerprint density at radius 3 is 1.41 bits per heavy atom. The molecule has 0 saturated heterocycles. The van der Waals surface area contributed by atoms with E-state index in [1.807, 2.05) is 0 Å². The minimum Gasteiger partial charge on any atom is -0.491 e. The number of aliphatic hydroxyl groups is 9. The SMILES string of the molecule is CC(C)(O)C(=O)c1c(CO)cc(OCCO)cc1CO.CC(C)(O)C(=O)c1c(COCO)cccc1OCCO.CC(C)(O)C(=O)c1ccc(OCCO)cc1. The van der Waals surface area contributed by atoms with Gasteiger partial charge in [-0.25, -0.2) is 0 Å². The molecule has 0 amide bonds. The molecule has 0 aliphatic heterocycles. The minimum atomic E-state index is -1.61. The number of ketones is 3. The fraction of sp³-hybridized carbons (Fsp3) is 0.475. The van der Waals surface area contributed by atoms with E-state index >= 15 is 0 Å². The van der Waals surface area contributed by atoms with Crippen molar-refractivity contribution in [2.24, 2.45) is 0 Å². The molecule has 0 spiro atoms. The highest BCUT2D eigenvalue weighted by Gasteiger charge is 2.31. The highest BCUT2D eigenvalue weighted by molar-refractivity contribution is 6.05. The Balaban J connectivity index is 0.000000423. The van der Waals surface area contributed by atoms with E-state index in [0.717, 1.165) is 0 Å². The number of aliphatic hydroxyl groups excluding tert-OH is 6. The molecule has 56 heavy (non-hydrogen) atoms. The van der Waals surface area contributed by atoms with Crippen molar-refractivity contribution >= 4 is 17.3 Å². The van der Waals surface area contributed by atoms with Gasteiger partial charge in [0.1, 0.15) is 60.7 Å². The van der Waals surface area contributed by atoms with E-state index in [4.69, 9.17) is 39.4 Å². The number of benzene rings is 3. The van der Waals surface area contributed by atoms with Crippen LogP contribution < -0.4 is 14.2 Å². The van der Waals surface area contributed by atoms with Crippen molar-refractivity contribution in [1.29, 1.82) is 0 Å². The van der Waals surface area contributed by atoms with Gasteiger partial charge in [0.2, 0.25) is 0 Å². The van der Waals surface area contributed by atoms with Crippen LogP contribution in [0.2, 0.25) is 0 Å². The molecule has 3 aromatic carbocycles. The summed E-state index contributed by atoms with van der Waals surface area (Å²) in [6.45, 7) is 6.94. The molecule has 0 aliphatic carbocycles. The summed E-state index contributed by atoms with van der Waals surface area (Å²) in [5, 5.41) is 82.8. The minimum absolute atomic E-state index is 0.0178. The average Bonchev–Trinajstić information content (AvgIpc) is 3.15. The van der Waals surface area contributed by atoms with E-state index in [1.165, 1.54) is 53.7 Å².